The number of piperazine rings is 1. The van der Waals surface area contributed by atoms with Crippen molar-refractivity contribution in [2.75, 3.05) is 31.2 Å². The maximum Gasteiger partial charge on any atom is 0.0920 e. The molecule has 0 radical (unpaired) electrons. The van der Waals surface area contributed by atoms with Crippen LogP contribution in [0.4, 0.5) is 0 Å². The molecular formula is C20H21N5. The highest BCUT2D eigenvalue weighted by molar-refractivity contribution is 5.80. The molecule has 25 heavy (non-hydrogen) atoms. The van der Waals surface area contributed by atoms with Crippen LogP contribution in [-0.2, 0) is 6.54 Å². The Morgan fingerprint density at radius 2 is 1.64 bits per heavy atom. The van der Waals surface area contributed by atoms with E-state index in [2.05, 4.69) is 79.4 Å². The Hall–Kier alpha value is -2.79. The second-order valence-electron chi connectivity index (χ2n) is 6.70. The van der Waals surface area contributed by atoms with Crippen molar-refractivity contribution in [2.24, 2.45) is 0 Å². The zero-order chi connectivity index (χ0) is 16.6. The van der Waals surface area contributed by atoms with Crippen LogP contribution in [0.5, 0.6) is 0 Å². The molecule has 0 aliphatic carbocycles. The summed E-state index contributed by atoms with van der Waals surface area (Å²) in [4.78, 5) is 8.10. The second kappa shape index (κ2) is 5.93. The van der Waals surface area contributed by atoms with Crippen LogP contribution in [0.3, 0.4) is 0 Å². The van der Waals surface area contributed by atoms with Crippen molar-refractivity contribution in [3.63, 3.8) is 0 Å². The number of hydrogen-bond donors (Lipinski definition) is 1. The molecule has 2 aromatic heterocycles. The zero-order valence-electron chi connectivity index (χ0n) is 14.1. The molecule has 3 heterocycles. The van der Waals surface area contributed by atoms with Gasteiger partial charge < -0.3 is 4.98 Å². The number of fused-ring (bicyclic) bond motifs is 2. The molecule has 0 amide bonds. The Labute approximate surface area is 146 Å². The normalized spacial score (nSPS) is 16.1. The SMILES string of the molecule is c1ccc2[nH]c(CN3CCN(n4ncc5ccccc54)CC3)cc2c1. The molecule has 0 spiro atoms. The monoisotopic (exact) mass is 331 g/mol. The van der Waals surface area contributed by atoms with Gasteiger partial charge in [0.1, 0.15) is 0 Å². The van der Waals surface area contributed by atoms with Gasteiger partial charge in [0.15, 0.2) is 0 Å². The Kier molecular flexibility index (Phi) is 3.45. The third kappa shape index (κ3) is 2.66. The lowest BCUT2D eigenvalue weighted by atomic mass is 10.2. The Bertz CT molecular complexity index is 974. The number of H-pyrrole nitrogens is 1. The highest BCUT2D eigenvalue weighted by atomic mass is 15.7. The number of aromatic nitrogens is 3. The smallest absolute Gasteiger partial charge is 0.0920 e. The molecule has 1 aliphatic heterocycles. The van der Waals surface area contributed by atoms with Crippen LogP contribution in [0.15, 0.2) is 60.8 Å². The molecule has 5 rings (SSSR count). The maximum atomic E-state index is 4.57. The lowest BCUT2D eigenvalue weighted by Gasteiger charge is -2.35. The quantitative estimate of drug-likeness (QED) is 0.627. The average molecular weight is 331 g/mol. The molecule has 0 unspecified atom stereocenters. The van der Waals surface area contributed by atoms with Gasteiger partial charge in [0.25, 0.3) is 0 Å². The van der Waals surface area contributed by atoms with Crippen molar-refractivity contribution >= 4 is 21.8 Å². The molecule has 1 fully saturated rings. The fourth-order valence-electron chi connectivity index (χ4n) is 3.73. The van der Waals surface area contributed by atoms with Gasteiger partial charge in [0, 0.05) is 49.3 Å². The molecule has 0 bridgehead atoms. The van der Waals surface area contributed by atoms with E-state index in [1.807, 2.05) is 6.20 Å². The first-order valence-electron chi connectivity index (χ1n) is 8.84. The molecule has 0 saturated carbocycles. The molecule has 126 valence electrons. The summed E-state index contributed by atoms with van der Waals surface area (Å²) in [6.45, 7) is 5.05. The van der Waals surface area contributed by atoms with Crippen molar-refractivity contribution in [2.45, 2.75) is 6.54 Å². The van der Waals surface area contributed by atoms with E-state index >= 15 is 0 Å². The largest absolute Gasteiger partial charge is 0.357 e. The van der Waals surface area contributed by atoms with Crippen LogP contribution in [0.25, 0.3) is 21.8 Å². The van der Waals surface area contributed by atoms with Crippen molar-refractivity contribution < 1.29 is 0 Å². The van der Waals surface area contributed by atoms with Gasteiger partial charge in [-0.3, -0.25) is 9.91 Å². The third-order valence-corrected chi connectivity index (χ3v) is 5.05. The standard InChI is InChI=1S/C20H21N5/c1-3-7-19-16(5-1)13-18(22-19)15-23-9-11-24(12-10-23)25-20-8-4-2-6-17(20)14-21-25/h1-8,13-14,22H,9-12,15H2. The van der Waals surface area contributed by atoms with Gasteiger partial charge in [0.2, 0.25) is 0 Å². The van der Waals surface area contributed by atoms with E-state index in [1.165, 1.54) is 27.5 Å². The minimum atomic E-state index is 0.975. The third-order valence-electron chi connectivity index (χ3n) is 5.05. The topological polar surface area (TPSA) is 40.1 Å². The molecule has 4 aromatic rings. The van der Waals surface area contributed by atoms with Crippen LogP contribution in [0, 0.1) is 0 Å². The summed E-state index contributed by atoms with van der Waals surface area (Å²) < 4.78 is 0. The predicted molar refractivity (Wildman–Crippen MR) is 101 cm³/mol. The maximum absolute atomic E-state index is 4.57. The molecule has 1 aliphatic rings. The first-order chi connectivity index (χ1) is 12.4. The predicted octanol–water partition coefficient (Wildman–Crippen LogP) is 2.97. The minimum Gasteiger partial charge on any atom is -0.357 e. The first-order valence-corrected chi connectivity index (χ1v) is 8.84. The van der Waals surface area contributed by atoms with Crippen LogP contribution in [0.1, 0.15) is 5.69 Å². The van der Waals surface area contributed by atoms with Gasteiger partial charge in [-0.05, 0) is 23.6 Å². The van der Waals surface area contributed by atoms with Crippen LogP contribution < -0.4 is 5.01 Å². The van der Waals surface area contributed by atoms with Crippen LogP contribution in [0.2, 0.25) is 0 Å². The van der Waals surface area contributed by atoms with Gasteiger partial charge in [0.05, 0.1) is 11.7 Å². The van der Waals surface area contributed by atoms with Gasteiger partial charge in [-0.25, -0.2) is 0 Å². The van der Waals surface area contributed by atoms with Crippen molar-refractivity contribution in [1.29, 1.82) is 0 Å². The number of rotatable bonds is 3. The highest BCUT2D eigenvalue weighted by Crippen LogP contribution is 2.18. The van der Waals surface area contributed by atoms with Gasteiger partial charge in [-0.1, -0.05) is 36.4 Å². The van der Waals surface area contributed by atoms with Gasteiger partial charge in [-0.2, -0.15) is 9.89 Å². The first kappa shape index (κ1) is 14.5. The van der Waals surface area contributed by atoms with E-state index in [1.54, 1.807) is 0 Å². The summed E-state index contributed by atoms with van der Waals surface area (Å²) in [5, 5.41) is 9.40. The fraction of sp³-hybridized carbons (Fsp3) is 0.250. The van der Waals surface area contributed by atoms with E-state index in [-0.39, 0.29) is 0 Å². The van der Waals surface area contributed by atoms with Crippen molar-refractivity contribution in [1.82, 2.24) is 19.8 Å². The average Bonchev–Trinajstić information content (AvgIpc) is 3.26. The van der Waals surface area contributed by atoms with Crippen molar-refractivity contribution in [3.8, 4) is 0 Å². The molecule has 5 heteroatoms. The fourth-order valence-corrected chi connectivity index (χ4v) is 3.73. The molecule has 5 nitrogen and oxygen atoms in total. The second-order valence-corrected chi connectivity index (χ2v) is 6.70. The number of hydrogen-bond acceptors (Lipinski definition) is 3. The van der Waals surface area contributed by atoms with E-state index in [4.69, 9.17) is 0 Å². The molecule has 1 N–H and O–H groups in total. The summed E-state index contributed by atoms with van der Waals surface area (Å²) in [5.74, 6) is 0. The van der Waals surface area contributed by atoms with E-state index in [0.717, 1.165) is 32.7 Å². The Morgan fingerprint density at radius 1 is 0.880 bits per heavy atom. The van der Waals surface area contributed by atoms with E-state index in [0.29, 0.717) is 0 Å². The number of nitrogens with one attached hydrogen (secondary N) is 1. The van der Waals surface area contributed by atoms with Crippen LogP contribution in [-0.4, -0.2) is 46.0 Å². The van der Waals surface area contributed by atoms with E-state index in [9.17, 15) is 0 Å². The summed E-state index contributed by atoms with van der Waals surface area (Å²) in [5.41, 5.74) is 3.70. The van der Waals surface area contributed by atoms with Crippen LogP contribution >= 0.6 is 0 Å². The van der Waals surface area contributed by atoms with E-state index < -0.39 is 0 Å². The number of aromatic amines is 1. The summed E-state index contributed by atoms with van der Waals surface area (Å²) >= 11 is 0. The number of benzene rings is 2. The molecule has 1 saturated heterocycles. The minimum absolute atomic E-state index is 0.975. The molecule has 0 atom stereocenters. The lowest BCUT2D eigenvalue weighted by Crippen LogP contribution is -2.51. The van der Waals surface area contributed by atoms with Gasteiger partial charge in [-0.15, -0.1) is 0 Å². The lowest BCUT2D eigenvalue weighted by molar-refractivity contribution is 0.228. The highest BCUT2D eigenvalue weighted by Gasteiger charge is 2.19. The number of nitrogens with zero attached hydrogens (tertiary/aromatic N) is 4. The number of para-hydroxylation sites is 2. The summed E-state index contributed by atoms with van der Waals surface area (Å²) in [7, 11) is 0. The Balaban J connectivity index is 1.28. The summed E-state index contributed by atoms with van der Waals surface area (Å²) in [6, 6.07) is 19.1. The molecular weight excluding hydrogens is 310 g/mol. The van der Waals surface area contributed by atoms with Gasteiger partial charge >= 0.3 is 0 Å². The molecule has 2 aromatic carbocycles. The summed E-state index contributed by atoms with van der Waals surface area (Å²) in [6.07, 6.45) is 1.95. The van der Waals surface area contributed by atoms with Crippen molar-refractivity contribution in [3.05, 3.63) is 66.5 Å². The Morgan fingerprint density at radius 3 is 2.48 bits per heavy atom. The zero-order valence-corrected chi connectivity index (χ0v) is 14.1.